The van der Waals surface area contributed by atoms with E-state index in [0.717, 1.165) is 24.8 Å². The van der Waals surface area contributed by atoms with Gasteiger partial charge >= 0.3 is 5.97 Å². The van der Waals surface area contributed by atoms with Crippen molar-refractivity contribution in [2.75, 3.05) is 5.73 Å². The van der Waals surface area contributed by atoms with E-state index in [1.165, 1.54) is 0 Å². The first-order valence-electron chi connectivity index (χ1n) is 7.62. The molecular formula is C15H24N6O2. The third-order valence-corrected chi connectivity index (χ3v) is 3.78. The molecule has 0 aliphatic carbocycles. The van der Waals surface area contributed by atoms with Crippen LogP contribution in [-0.4, -0.2) is 21.9 Å². The predicted molar refractivity (Wildman–Crippen MR) is 87.9 cm³/mol. The maximum Gasteiger partial charge on any atom is 0.307 e. The molecule has 0 spiro atoms. The molecule has 6 N–H and O–H groups in total. The number of anilines is 1. The van der Waals surface area contributed by atoms with E-state index in [4.69, 9.17) is 17.0 Å². The molecule has 1 aromatic heterocycles. The number of nitrogens with one attached hydrogen (secondary N) is 1. The summed E-state index contributed by atoms with van der Waals surface area (Å²) in [5.74, 6) is -1.36. The molecule has 0 fully saturated rings. The highest BCUT2D eigenvalue weighted by Crippen LogP contribution is 2.24. The Morgan fingerprint density at radius 2 is 2.13 bits per heavy atom. The van der Waals surface area contributed by atoms with E-state index < -0.39 is 17.8 Å². The molecule has 0 bridgehead atoms. The monoisotopic (exact) mass is 320 g/mol. The number of aryl methyl sites for hydroxylation is 1. The Morgan fingerprint density at radius 3 is 2.65 bits per heavy atom. The predicted octanol–water partition coefficient (Wildman–Crippen LogP) is 2.41. The van der Waals surface area contributed by atoms with Gasteiger partial charge in [0.2, 0.25) is 0 Å². The number of amidine groups is 1. The highest BCUT2D eigenvalue weighted by Gasteiger charge is 2.30. The van der Waals surface area contributed by atoms with E-state index in [9.17, 15) is 9.90 Å². The van der Waals surface area contributed by atoms with Crippen molar-refractivity contribution in [3.63, 3.8) is 0 Å². The fraction of sp³-hybridized carbons (Fsp3) is 0.533. The summed E-state index contributed by atoms with van der Waals surface area (Å²) >= 11 is 0. The summed E-state index contributed by atoms with van der Waals surface area (Å²) in [5, 5.41) is 15.9. The number of nitrogen functional groups attached to an aromatic ring is 1. The largest absolute Gasteiger partial charge is 0.481 e. The summed E-state index contributed by atoms with van der Waals surface area (Å²) in [6.07, 6.45) is 5.00. The van der Waals surface area contributed by atoms with Gasteiger partial charge in [0.25, 0.3) is 0 Å². The van der Waals surface area contributed by atoms with E-state index in [-0.39, 0.29) is 5.84 Å². The molecule has 23 heavy (non-hydrogen) atoms. The molecule has 8 nitrogen and oxygen atoms in total. The van der Waals surface area contributed by atoms with Crippen molar-refractivity contribution >= 4 is 17.6 Å². The van der Waals surface area contributed by atoms with E-state index >= 15 is 0 Å². The van der Waals surface area contributed by atoms with Gasteiger partial charge in [0.15, 0.2) is 0 Å². The van der Waals surface area contributed by atoms with Crippen LogP contribution in [0.3, 0.4) is 0 Å². The maximum absolute atomic E-state index is 11.5. The van der Waals surface area contributed by atoms with Crippen LogP contribution in [0.5, 0.6) is 0 Å². The summed E-state index contributed by atoms with van der Waals surface area (Å²) in [6, 6.07) is 3.63. The van der Waals surface area contributed by atoms with Crippen LogP contribution in [0.2, 0.25) is 0 Å². The Kier molecular flexibility index (Phi) is 7.65. The van der Waals surface area contributed by atoms with Crippen LogP contribution in [0.25, 0.3) is 0 Å². The van der Waals surface area contributed by atoms with Crippen molar-refractivity contribution in [3.05, 3.63) is 23.9 Å². The minimum atomic E-state index is -0.894. The summed E-state index contributed by atoms with van der Waals surface area (Å²) in [5.41, 5.74) is 19.2. The minimum absolute atomic E-state index is 0.108. The molecule has 1 aromatic rings. The number of hydrogen-bond donors (Lipinski definition) is 4. The molecular weight excluding hydrogens is 296 g/mol. The van der Waals surface area contributed by atoms with Gasteiger partial charge < -0.3 is 16.6 Å². The van der Waals surface area contributed by atoms with Crippen molar-refractivity contribution in [1.29, 1.82) is 5.53 Å². The first kappa shape index (κ1) is 18.5. The average Bonchev–Trinajstić information content (AvgIpc) is 2.51. The van der Waals surface area contributed by atoms with Gasteiger partial charge in [-0.1, -0.05) is 24.6 Å². The van der Waals surface area contributed by atoms with Gasteiger partial charge in [0, 0.05) is 12.1 Å². The van der Waals surface area contributed by atoms with Gasteiger partial charge in [-0.3, -0.25) is 4.79 Å². The topological polar surface area (TPSA) is 151 Å². The lowest BCUT2D eigenvalue weighted by atomic mass is 9.83. The lowest BCUT2D eigenvalue weighted by Gasteiger charge is -2.22. The number of carbonyl (C=O) groups is 1. The molecule has 1 rings (SSSR count). The first-order chi connectivity index (χ1) is 11.0. The van der Waals surface area contributed by atoms with Gasteiger partial charge in [-0.05, 0) is 37.3 Å². The molecule has 126 valence electrons. The SMILES string of the molecule is CCCC(C(=O)O)C(CCCc1ccc(N)nc1)C(N)=NN=N. The summed E-state index contributed by atoms with van der Waals surface area (Å²) in [6.45, 7) is 1.93. The van der Waals surface area contributed by atoms with Gasteiger partial charge in [-0.25, -0.2) is 4.98 Å². The zero-order valence-electron chi connectivity index (χ0n) is 13.3. The molecule has 8 heteroatoms. The number of aromatic nitrogens is 1. The van der Waals surface area contributed by atoms with Crippen LogP contribution in [0.1, 0.15) is 38.2 Å². The quantitative estimate of drug-likeness (QED) is 0.226. The molecule has 0 saturated heterocycles. The van der Waals surface area contributed by atoms with Crippen molar-refractivity contribution in [3.8, 4) is 0 Å². The normalized spacial score (nSPS) is 14.2. The Hall–Kier alpha value is -2.51. The van der Waals surface area contributed by atoms with Crippen molar-refractivity contribution in [2.24, 2.45) is 27.9 Å². The second kappa shape index (κ2) is 9.50. The molecule has 1 heterocycles. The van der Waals surface area contributed by atoms with Gasteiger partial charge in [0.1, 0.15) is 11.7 Å². The van der Waals surface area contributed by atoms with Gasteiger partial charge in [-0.15, -0.1) is 5.10 Å². The Bertz CT molecular complexity index is 543. The van der Waals surface area contributed by atoms with E-state index in [0.29, 0.717) is 18.7 Å². The van der Waals surface area contributed by atoms with Crippen molar-refractivity contribution in [2.45, 2.75) is 39.0 Å². The highest BCUT2D eigenvalue weighted by molar-refractivity contribution is 5.87. The molecule has 0 saturated carbocycles. The zero-order valence-corrected chi connectivity index (χ0v) is 13.3. The molecule has 0 amide bonds. The Labute approximate surface area is 135 Å². The number of nitrogens with two attached hydrogens (primary N) is 2. The third kappa shape index (κ3) is 6.01. The van der Waals surface area contributed by atoms with Gasteiger partial charge in [-0.2, -0.15) is 5.53 Å². The average molecular weight is 320 g/mol. The number of nitrogens with zero attached hydrogens (tertiary/aromatic N) is 3. The number of rotatable bonds is 10. The van der Waals surface area contributed by atoms with Crippen LogP contribution < -0.4 is 11.5 Å². The fourth-order valence-electron chi connectivity index (χ4n) is 2.60. The smallest absolute Gasteiger partial charge is 0.307 e. The molecule has 0 aliphatic rings. The lowest BCUT2D eigenvalue weighted by molar-refractivity contribution is -0.143. The molecule has 2 atom stereocenters. The summed E-state index contributed by atoms with van der Waals surface area (Å²) < 4.78 is 0. The van der Waals surface area contributed by atoms with E-state index in [1.54, 1.807) is 12.3 Å². The molecule has 0 aliphatic heterocycles. The second-order valence-corrected chi connectivity index (χ2v) is 5.45. The molecule has 0 aromatic carbocycles. The van der Waals surface area contributed by atoms with Gasteiger partial charge in [0.05, 0.1) is 5.92 Å². The van der Waals surface area contributed by atoms with Crippen LogP contribution in [0.4, 0.5) is 5.82 Å². The van der Waals surface area contributed by atoms with Crippen LogP contribution >= 0.6 is 0 Å². The zero-order chi connectivity index (χ0) is 17.2. The van der Waals surface area contributed by atoms with Crippen molar-refractivity contribution < 1.29 is 9.90 Å². The minimum Gasteiger partial charge on any atom is -0.481 e. The second-order valence-electron chi connectivity index (χ2n) is 5.45. The molecule has 2 unspecified atom stereocenters. The number of carboxylic acid groups (broad SMARTS) is 1. The van der Waals surface area contributed by atoms with E-state index in [2.05, 4.69) is 15.3 Å². The summed E-state index contributed by atoms with van der Waals surface area (Å²) in [4.78, 5) is 15.5. The third-order valence-electron chi connectivity index (χ3n) is 3.78. The highest BCUT2D eigenvalue weighted by atomic mass is 16.4. The Morgan fingerprint density at radius 1 is 1.39 bits per heavy atom. The number of carboxylic acids is 1. The first-order valence-corrected chi connectivity index (χ1v) is 7.62. The standard InChI is InChI=1S/C15H24N6O2/c1-2-4-12(15(22)23)11(14(17)20-21-18)6-3-5-10-7-8-13(16)19-9-10/h7-9,11-12H,2-6H2,1H3,(H2,16,19)(H,22,23)(H3,17,18,20). The van der Waals surface area contributed by atoms with Crippen LogP contribution in [0, 0.1) is 17.4 Å². The van der Waals surface area contributed by atoms with E-state index in [1.807, 2.05) is 13.0 Å². The van der Waals surface area contributed by atoms with Crippen LogP contribution in [0.15, 0.2) is 28.7 Å². The molecule has 0 radical (unpaired) electrons. The summed E-state index contributed by atoms with van der Waals surface area (Å²) in [7, 11) is 0. The van der Waals surface area contributed by atoms with Crippen molar-refractivity contribution in [1.82, 2.24) is 4.98 Å². The fourth-order valence-corrected chi connectivity index (χ4v) is 2.60. The number of pyridine rings is 1. The number of hydrogen-bond acceptors (Lipinski definition) is 5. The maximum atomic E-state index is 11.5. The lowest BCUT2D eigenvalue weighted by Crippen LogP contribution is -2.34. The number of aliphatic carboxylic acids is 1. The van der Waals surface area contributed by atoms with Crippen LogP contribution in [-0.2, 0) is 11.2 Å². The Balaban J connectivity index is 2.75.